The number of carbonyl (C=O) groups excluding carboxylic acids is 1. The molecular weight excluding hydrogens is 236 g/mol. The van der Waals surface area contributed by atoms with Crippen molar-refractivity contribution in [3.63, 3.8) is 0 Å². The van der Waals surface area contributed by atoms with Gasteiger partial charge in [-0.3, -0.25) is 4.79 Å². The molecule has 0 spiro atoms. The van der Waals surface area contributed by atoms with Crippen molar-refractivity contribution in [1.29, 1.82) is 0 Å². The van der Waals surface area contributed by atoms with Gasteiger partial charge < -0.3 is 5.32 Å². The van der Waals surface area contributed by atoms with Crippen molar-refractivity contribution < 1.29 is 4.79 Å². The molecule has 0 aliphatic heterocycles. The van der Waals surface area contributed by atoms with Crippen LogP contribution in [0.5, 0.6) is 0 Å². The molecule has 0 saturated heterocycles. The summed E-state index contributed by atoms with van der Waals surface area (Å²) in [6.07, 6.45) is 3.38. The molecule has 0 aromatic carbocycles. The largest absolute Gasteiger partial charge is 0.325 e. The zero-order valence-corrected chi connectivity index (χ0v) is 11.6. The fraction of sp³-hybridized carbons (Fsp3) is 0.538. The van der Waals surface area contributed by atoms with Crippen LogP contribution < -0.4 is 5.32 Å². The molecule has 1 heterocycles. The zero-order chi connectivity index (χ0) is 13.1. The maximum absolute atomic E-state index is 11.9. The number of halogens is 1. The van der Waals surface area contributed by atoms with Crippen LogP contribution in [0.25, 0.3) is 0 Å². The molecule has 1 N–H and O–H groups in total. The summed E-state index contributed by atoms with van der Waals surface area (Å²) in [4.78, 5) is 16.0. The second kappa shape index (κ2) is 5.50. The third-order valence-electron chi connectivity index (χ3n) is 2.43. The van der Waals surface area contributed by atoms with Crippen LogP contribution in [0, 0.1) is 5.41 Å². The first-order valence-electron chi connectivity index (χ1n) is 5.81. The Balaban J connectivity index is 2.98. The van der Waals surface area contributed by atoms with Gasteiger partial charge in [0.1, 0.15) is 5.15 Å². The van der Waals surface area contributed by atoms with Crippen LogP contribution in [-0.4, -0.2) is 10.9 Å². The first-order chi connectivity index (χ1) is 7.86. The Morgan fingerprint density at radius 1 is 1.47 bits per heavy atom. The van der Waals surface area contributed by atoms with Crippen LogP contribution in [0.1, 0.15) is 39.7 Å². The number of rotatable bonds is 3. The molecule has 1 aromatic heterocycles. The number of aromatic nitrogens is 1. The molecule has 1 aromatic rings. The van der Waals surface area contributed by atoms with Gasteiger partial charge in [0.15, 0.2) is 0 Å². The van der Waals surface area contributed by atoms with E-state index in [0.717, 1.165) is 24.1 Å². The van der Waals surface area contributed by atoms with Crippen molar-refractivity contribution in [1.82, 2.24) is 4.98 Å². The average molecular weight is 255 g/mol. The lowest BCUT2D eigenvalue weighted by Gasteiger charge is -2.19. The van der Waals surface area contributed by atoms with Crippen LogP contribution in [-0.2, 0) is 11.2 Å². The van der Waals surface area contributed by atoms with Gasteiger partial charge in [0, 0.05) is 22.9 Å². The van der Waals surface area contributed by atoms with E-state index in [1.165, 1.54) is 0 Å². The van der Waals surface area contributed by atoms with Crippen LogP contribution in [0.4, 0.5) is 5.69 Å². The molecule has 0 aliphatic carbocycles. The average Bonchev–Trinajstić information content (AvgIpc) is 2.21. The molecule has 3 nitrogen and oxygen atoms in total. The van der Waals surface area contributed by atoms with E-state index in [4.69, 9.17) is 11.6 Å². The maximum atomic E-state index is 11.9. The summed E-state index contributed by atoms with van der Waals surface area (Å²) >= 11 is 6.04. The summed E-state index contributed by atoms with van der Waals surface area (Å²) in [6.45, 7) is 7.71. The number of hydrogen-bond acceptors (Lipinski definition) is 2. The third kappa shape index (κ3) is 3.70. The lowest BCUT2D eigenvalue weighted by molar-refractivity contribution is -0.123. The molecule has 0 fully saturated rings. The first kappa shape index (κ1) is 14.0. The topological polar surface area (TPSA) is 42.0 Å². The molecule has 1 rings (SSSR count). The van der Waals surface area contributed by atoms with E-state index in [1.54, 1.807) is 12.3 Å². The summed E-state index contributed by atoms with van der Waals surface area (Å²) in [6, 6.07) is 1.79. The first-order valence-corrected chi connectivity index (χ1v) is 6.19. The highest BCUT2D eigenvalue weighted by Crippen LogP contribution is 2.25. The molecule has 17 heavy (non-hydrogen) atoms. The van der Waals surface area contributed by atoms with E-state index in [9.17, 15) is 4.79 Å². The minimum absolute atomic E-state index is 0.0166. The number of pyridine rings is 1. The Morgan fingerprint density at radius 3 is 2.65 bits per heavy atom. The Kier molecular flexibility index (Phi) is 4.52. The normalized spacial score (nSPS) is 11.4. The monoisotopic (exact) mass is 254 g/mol. The second-order valence-electron chi connectivity index (χ2n) is 5.08. The molecule has 0 radical (unpaired) electrons. The highest BCUT2D eigenvalue weighted by molar-refractivity contribution is 6.30. The van der Waals surface area contributed by atoms with Gasteiger partial charge in [0.05, 0.1) is 0 Å². The lowest BCUT2D eigenvalue weighted by atomic mass is 9.95. The number of carbonyl (C=O) groups is 1. The van der Waals surface area contributed by atoms with Gasteiger partial charge >= 0.3 is 0 Å². The van der Waals surface area contributed by atoms with E-state index >= 15 is 0 Å². The Morgan fingerprint density at radius 2 is 2.12 bits per heavy atom. The molecule has 4 heteroatoms. The van der Waals surface area contributed by atoms with E-state index in [2.05, 4.69) is 17.2 Å². The van der Waals surface area contributed by atoms with Gasteiger partial charge in [-0.25, -0.2) is 4.98 Å². The molecule has 0 aliphatic rings. The van der Waals surface area contributed by atoms with Gasteiger partial charge in [-0.2, -0.15) is 0 Å². The van der Waals surface area contributed by atoms with Crippen LogP contribution in [0.3, 0.4) is 0 Å². The van der Waals surface area contributed by atoms with E-state index in [0.29, 0.717) is 5.15 Å². The predicted octanol–water partition coefficient (Wildman–Crippen LogP) is 3.67. The van der Waals surface area contributed by atoms with Gasteiger partial charge in [-0.1, -0.05) is 45.7 Å². The van der Waals surface area contributed by atoms with Crippen LogP contribution in [0.15, 0.2) is 12.3 Å². The van der Waals surface area contributed by atoms with Crippen LogP contribution in [0.2, 0.25) is 5.15 Å². The second-order valence-corrected chi connectivity index (χ2v) is 5.44. The molecule has 0 bridgehead atoms. The molecular formula is C13H19ClN2O. The number of nitrogens with zero attached hydrogens (tertiary/aromatic N) is 1. The quantitative estimate of drug-likeness (QED) is 0.837. The molecule has 1 amide bonds. The third-order valence-corrected chi connectivity index (χ3v) is 2.76. The van der Waals surface area contributed by atoms with E-state index in [-0.39, 0.29) is 5.91 Å². The smallest absolute Gasteiger partial charge is 0.229 e. The molecule has 0 saturated carbocycles. The summed E-state index contributed by atoms with van der Waals surface area (Å²) in [5.41, 5.74) is 1.26. The highest BCUT2D eigenvalue weighted by atomic mass is 35.5. The van der Waals surface area contributed by atoms with Gasteiger partial charge in [0.25, 0.3) is 0 Å². The summed E-state index contributed by atoms with van der Waals surface area (Å²) < 4.78 is 0. The number of amides is 1. The SMILES string of the molecule is CCCc1c(NC(=O)C(C)(C)C)ccnc1Cl. The number of anilines is 1. The number of hydrogen-bond donors (Lipinski definition) is 1. The fourth-order valence-electron chi connectivity index (χ4n) is 1.38. The fourth-order valence-corrected chi connectivity index (χ4v) is 1.63. The highest BCUT2D eigenvalue weighted by Gasteiger charge is 2.22. The van der Waals surface area contributed by atoms with Crippen molar-refractivity contribution in [2.75, 3.05) is 5.32 Å². The van der Waals surface area contributed by atoms with Gasteiger partial charge in [-0.05, 0) is 12.5 Å². The maximum Gasteiger partial charge on any atom is 0.229 e. The molecule has 0 atom stereocenters. The lowest BCUT2D eigenvalue weighted by Crippen LogP contribution is -2.28. The Labute approximate surface area is 108 Å². The minimum atomic E-state index is -0.417. The van der Waals surface area contributed by atoms with Gasteiger partial charge in [-0.15, -0.1) is 0 Å². The van der Waals surface area contributed by atoms with E-state index in [1.807, 2.05) is 20.8 Å². The Bertz CT molecular complexity index is 410. The van der Waals surface area contributed by atoms with Crippen LogP contribution >= 0.6 is 11.6 Å². The standard InChI is InChI=1S/C13H19ClN2O/c1-5-6-9-10(7-8-15-11(9)14)16-12(17)13(2,3)4/h7-8H,5-6H2,1-4H3,(H,15,16,17). The summed E-state index contributed by atoms with van der Waals surface area (Å²) in [7, 11) is 0. The summed E-state index contributed by atoms with van der Waals surface area (Å²) in [5, 5.41) is 3.38. The van der Waals surface area contributed by atoms with Gasteiger partial charge in [0.2, 0.25) is 5.91 Å². The zero-order valence-electron chi connectivity index (χ0n) is 10.8. The predicted molar refractivity (Wildman–Crippen MR) is 71.3 cm³/mol. The van der Waals surface area contributed by atoms with Crippen molar-refractivity contribution in [2.24, 2.45) is 5.41 Å². The van der Waals surface area contributed by atoms with Crippen molar-refractivity contribution in [3.8, 4) is 0 Å². The molecule has 94 valence electrons. The summed E-state index contributed by atoms with van der Waals surface area (Å²) in [5.74, 6) is -0.0166. The van der Waals surface area contributed by atoms with Crippen molar-refractivity contribution in [2.45, 2.75) is 40.5 Å². The van der Waals surface area contributed by atoms with Crippen molar-refractivity contribution in [3.05, 3.63) is 23.0 Å². The van der Waals surface area contributed by atoms with Crippen molar-refractivity contribution >= 4 is 23.2 Å². The molecule has 0 unspecified atom stereocenters. The minimum Gasteiger partial charge on any atom is -0.325 e. The number of nitrogens with one attached hydrogen (secondary N) is 1. The Hall–Kier alpha value is -1.09. The van der Waals surface area contributed by atoms with E-state index < -0.39 is 5.41 Å².